The van der Waals surface area contributed by atoms with Crippen molar-refractivity contribution in [1.82, 2.24) is 5.32 Å². The van der Waals surface area contributed by atoms with Crippen molar-refractivity contribution in [3.8, 4) is 5.75 Å². The molecule has 0 aromatic heterocycles. The van der Waals surface area contributed by atoms with Gasteiger partial charge in [-0.3, -0.25) is 9.69 Å². The molecule has 0 atom stereocenters. The maximum Gasteiger partial charge on any atom is 0.321 e. The fraction of sp³-hybridized carbons (Fsp3) is 0.263. The molecule has 0 aliphatic carbocycles. The Balaban J connectivity index is 1.72. The summed E-state index contributed by atoms with van der Waals surface area (Å²) in [4.78, 5) is 25.7. The lowest BCUT2D eigenvalue weighted by atomic mass is 10.0. The number of urea groups is 1. The molecule has 6 heteroatoms. The maximum atomic E-state index is 12.4. The quantitative estimate of drug-likeness (QED) is 0.799. The Bertz CT molecular complexity index is 800. The third kappa shape index (κ3) is 3.57. The Kier molecular flexibility index (Phi) is 4.61. The van der Waals surface area contributed by atoms with Gasteiger partial charge in [-0.05, 0) is 47.9 Å². The summed E-state index contributed by atoms with van der Waals surface area (Å²) in [6, 6.07) is 12.0. The summed E-state index contributed by atoms with van der Waals surface area (Å²) in [5.74, 6) is -0.133. The van der Waals surface area contributed by atoms with Gasteiger partial charge in [0.15, 0.2) is 0 Å². The molecule has 3 rings (SSSR count). The average molecular weight is 339 g/mol. The Morgan fingerprint density at radius 1 is 1.20 bits per heavy atom. The number of phenolic OH excluding ortho intramolecular Hbond substituents is 1. The molecule has 2 aromatic rings. The second-order valence-corrected chi connectivity index (χ2v) is 6.32. The molecule has 3 N–H and O–H groups in total. The molecule has 0 spiro atoms. The first-order valence-electron chi connectivity index (χ1n) is 8.25. The van der Waals surface area contributed by atoms with E-state index in [1.165, 1.54) is 0 Å². The van der Waals surface area contributed by atoms with E-state index in [1.54, 1.807) is 41.3 Å². The Morgan fingerprint density at radius 2 is 1.92 bits per heavy atom. The number of hydrogen-bond donors (Lipinski definition) is 3. The van der Waals surface area contributed by atoms with Crippen LogP contribution in [0.3, 0.4) is 0 Å². The molecular formula is C19H21N3O3. The first-order valence-corrected chi connectivity index (χ1v) is 8.25. The topological polar surface area (TPSA) is 81.7 Å². The minimum atomic E-state index is -0.375. The summed E-state index contributed by atoms with van der Waals surface area (Å²) in [6.45, 7) is 5.30. The number of benzene rings is 2. The highest BCUT2D eigenvalue weighted by molar-refractivity contribution is 6.06. The largest absolute Gasteiger partial charge is 0.507 e. The van der Waals surface area contributed by atoms with E-state index in [4.69, 9.17) is 0 Å². The van der Waals surface area contributed by atoms with Gasteiger partial charge < -0.3 is 15.7 Å². The molecule has 25 heavy (non-hydrogen) atoms. The van der Waals surface area contributed by atoms with E-state index in [0.717, 1.165) is 11.3 Å². The second kappa shape index (κ2) is 6.84. The first kappa shape index (κ1) is 16.8. The number of anilines is 2. The third-order valence-electron chi connectivity index (χ3n) is 4.23. The summed E-state index contributed by atoms with van der Waals surface area (Å²) in [5.41, 5.74) is 2.58. The van der Waals surface area contributed by atoms with Crippen LogP contribution in [0.25, 0.3) is 0 Å². The zero-order valence-electron chi connectivity index (χ0n) is 14.2. The van der Waals surface area contributed by atoms with Crippen LogP contribution < -0.4 is 15.5 Å². The highest BCUT2D eigenvalue weighted by Crippen LogP contribution is 2.25. The van der Waals surface area contributed by atoms with Crippen molar-refractivity contribution in [3.05, 3.63) is 53.6 Å². The van der Waals surface area contributed by atoms with Crippen LogP contribution in [0.15, 0.2) is 42.5 Å². The Morgan fingerprint density at radius 3 is 2.48 bits per heavy atom. The summed E-state index contributed by atoms with van der Waals surface area (Å²) in [5, 5.41) is 15.6. The number of nitrogens with zero attached hydrogens (tertiary/aromatic N) is 1. The Hall–Kier alpha value is -3.02. The summed E-state index contributed by atoms with van der Waals surface area (Å²) < 4.78 is 0. The molecule has 0 unspecified atom stereocenters. The monoisotopic (exact) mass is 339 g/mol. The van der Waals surface area contributed by atoms with Gasteiger partial charge in [-0.1, -0.05) is 19.9 Å². The standard InChI is InChI=1S/C19H21N3O3/c1-12(2)13-3-8-16(17(23)11-13)18(24)21-14-4-6-15(7-5-14)22-10-9-20-19(22)25/h3-8,11-12,23H,9-10H2,1-2H3,(H,20,25)(H,21,24). The predicted molar refractivity (Wildman–Crippen MR) is 97.3 cm³/mol. The van der Waals surface area contributed by atoms with Gasteiger partial charge in [0.1, 0.15) is 5.75 Å². The first-order chi connectivity index (χ1) is 12.0. The number of phenols is 1. The highest BCUT2D eigenvalue weighted by Gasteiger charge is 2.21. The van der Waals surface area contributed by atoms with Gasteiger partial charge in [0.05, 0.1) is 5.56 Å². The third-order valence-corrected chi connectivity index (χ3v) is 4.23. The van der Waals surface area contributed by atoms with Crippen LogP contribution in [-0.2, 0) is 0 Å². The summed E-state index contributed by atoms with van der Waals surface area (Å²) >= 11 is 0. The molecule has 1 fully saturated rings. The van der Waals surface area contributed by atoms with Crippen LogP contribution in [0.2, 0.25) is 0 Å². The van der Waals surface area contributed by atoms with Gasteiger partial charge in [0.25, 0.3) is 5.91 Å². The molecule has 1 aliphatic heterocycles. The van der Waals surface area contributed by atoms with Crippen molar-refractivity contribution in [3.63, 3.8) is 0 Å². The van der Waals surface area contributed by atoms with Crippen LogP contribution in [0.1, 0.15) is 35.7 Å². The van der Waals surface area contributed by atoms with Gasteiger partial charge in [-0.15, -0.1) is 0 Å². The maximum absolute atomic E-state index is 12.4. The SMILES string of the molecule is CC(C)c1ccc(C(=O)Nc2ccc(N3CCNC3=O)cc2)c(O)c1. The lowest BCUT2D eigenvalue weighted by Gasteiger charge is -2.15. The normalized spacial score (nSPS) is 13.9. The molecule has 1 aliphatic rings. The van der Waals surface area contributed by atoms with Gasteiger partial charge in [0, 0.05) is 24.5 Å². The molecule has 0 saturated carbocycles. The van der Waals surface area contributed by atoms with E-state index >= 15 is 0 Å². The fourth-order valence-electron chi connectivity index (χ4n) is 2.74. The van der Waals surface area contributed by atoms with Crippen molar-refractivity contribution in [1.29, 1.82) is 0 Å². The molecule has 3 amide bonds. The number of carbonyl (C=O) groups is 2. The van der Waals surface area contributed by atoms with E-state index < -0.39 is 0 Å². The summed E-state index contributed by atoms with van der Waals surface area (Å²) in [6.07, 6.45) is 0. The van der Waals surface area contributed by atoms with Crippen molar-refractivity contribution >= 4 is 23.3 Å². The molecule has 2 aromatic carbocycles. The van der Waals surface area contributed by atoms with Gasteiger partial charge in [-0.25, -0.2) is 4.79 Å². The van der Waals surface area contributed by atoms with E-state index in [-0.39, 0.29) is 29.2 Å². The van der Waals surface area contributed by atoms with Gasteiger partial charge >= 0.3 is 6.03 Å². The van der Waals surface area contributed by atoms with E-state index in [1.807, 2.05) is 19.9 Å². The van der Waals surface area contributed by atoms with Crippen molar-refractivity contribution < 1.29 is 14.7 Å². The highest BCUT2D eigenvalue weighted by atomic mass is 16.3. The molecule has 0 radical (unpaired) electrons. The zero-order valence-corrected chi connectivity index (χ0v) is 14.2. The number of carbonyl (C=O) groups excluding carboxylic acids is 2. The predicted octanol–water partition coefficient (Wildman–Crippen LogP) is 3.30. The van der Waals surface area contributed by atoms with Crippen LogP contribution in [0.4, 0.5) is 16.2 Å². The van der Waals surface area contributed by atoms with Crippen LogP contribution in [0.5, 0.6) is 5.75 Å². The molecule has 1 saturated heterocycles. The second-order valence-electron chi connectivity index (χ2n) is 6.32. The van der Waals surface area contributed by atoms with Crippen LogP contribution in [0, 0.1) is 0 Å². The molecule has 6 nitrogen and oxygen atoms in total. The minimum Gasteiger partial charge on any atom is -0.507 e. The van der Waals surface area contributed by atoms with Crippen molar-refractivity contribution in [2.75, 3.05) is 23.3 Å². The van der Waals surface area contributed by atoms with E-state index in [2.05, 4.69) is 10.6 Å². The average Bonchev–Trinajstić information content (AvgIpc) is 3.01. The number of hydrogen-bond acceptors (Lipinski definition) is 3. The van der Waals surface area contributed by atoms with Crippen molar-refractivity contribution in [2.24, 2.45) is 0 Å². The fourth-order valence-corrected chi connectivity index (χ4v) is 2.74. The Labute approximate surface area is 146 Å². The van der Waals surface area contributed by atoms with Crippen LogP contribution in [-0.4, -0.2) is 30.1 Å². The number of aromatic hydroxyl groups is 1. The minimum absolute atomic E-state index is 0.0333. The number of nitrogens with one attached hydrogen (secondary N) is 2. The van der Waals surface area contributed by atoms with E-state index in [0.29, 0.717) is 18.8 Å². The summed E-state index contributed by atoms with van der Waals surface area (Å²) in [7, 11) is 0. The molecule has 0 bridgehead atoms. The van der Waals surface area contributed by atoms with Crippen LogP contribution >= 0.6 is 0 Å². The number of rotatable bonds is 4. The lowest BCUT2D eigenvalue weighted by Crippen LogP contribution is -2.27. The smallest absolute Gasteiger partial charge is 0.321 e. The molecular weight excluding hydrogens is 318 g/mol. The molecule has 1 heterocycles. The lowest BCUT2D eigenvalue weighted by molar-refractivity contribution is 0.102. The zero-order chi connectivity index (χ0) is 18.0. The van der Waals surface area contributed by atoms with Gasteiger partial charge in [-0.2, -0.15) is 0 Å². The van der Waals surface area contributed by atoms with Crippen molar-refractivity contribution in [2.45, 2.75) is 19.8 Å². The molecule has 130 valence electrons. The van der Waals surface area contributed by atoms with E-state index in [9.17, 15) is 14.7 Å². The van der Waals surface area contributed by atoms with Gasteiger partial charge in [0.2, 0.25) is 0 Å². The number of amides is 3.